The van der Waals surface area contributed by atoms with Crippen molar-refractivity contribution in [1.29, 1.82) is 0 Å². The number of aromatic nitrogens is 2. The van der Waals surface area contributed by atoms with E-state index in [1.165, 1.54) is 6.33 Å². The number of primary amides is 1. The highest BCUT2D eigenvalue weighted by Gasteiger charge is 2.22. The minimum Gasteiger partial charge on any atom is -0.368 e. The van der Waals surface area contributed by atoms with Crippen LogP contribution in [0.15, 0.2) is 42.9 Å². The summed E-state index contributed by atoms with van der Waals surface area (Å²) in [5, 5.41) is 2.59. The first kappa shape index (κ1) is 15.7. The molecule has 22 heavy (non-hydrogen) atoms. The Hall–Kier alpha value is -2.67. The topological polar surface area (TPSA) is 127 Å². The molecule has 0 unspecified atom stereocenters. The van der Waals surface area contributed by atoms with Crippen LogP contribution in [0.4, 0.5) is 0 Å². The Bertz CT molecular complexity index is 612. The van der Waals surface area contributed by atoms with Crippen molar-refractivity contribution in [2.75, 3.05) is 0 Å². The van der Waals surface area contributed by atoms with E-state index in [0.717, 1.165) is 5.56 Å². The van der Waals surface area contributed by atoms with Gasteiger partial charge in [0.05, 0.1) is 12.4 Å². The second kappa shape index (κ2) is 7.37. The van der Waals surface area contributed by atoms with Crippen LogP contribution in [-0.4, -0.2) is 33.9 Å². The Balaban J connectivity index is 1.94. The molecule has 0 aliphatic rings. The molecule has 116 valence electrons. The molecule has 2 amide bonds. The van der Waals surface area contributed by atoms with Gasteiger partial charge in [0.25, 0.3) is 0 Å². The van der Waals surface area contributed by atoms with Crippen LogP contribution in [0.3, 0.4) is 0 Å². The minimum atomic E-state index is -0.824. The summed E-state index contributed by atoms with van der Waals surface area (Å²) in [7, 11) is 0. The van der Waals surface area contributed by atoms with Crippen LogP contribution >= 0.6 is 0 Å². The molecule has 0 radical (unpaired) electrons. The Kier molecular flexibility index (Phi) is 5.26. The monoisotopic (exact) mass is 301 g/mol. The number of nitrogens with one attached hydrogen (secondary N) is 2. The van der Waals surface area contributed by atoms with Gasteiger partial charge in [0.15, 0.2) is 0 Å². The second-order valence-corrected chi connectivity index (χ2v) is 5.04. The third kappa shape index (κ3) is 4.42. The molecule has 0 aliphatic carbocycles. The fourth-order valence-electron chi connectivity index (χ4n) is 2.08. The number of carbonyl (C=O) groups excluding carboxylic acids is 2. The van der Waals surface area contributed by atoms with Gasteiger partial charge in [-0.1, -0.05) is 30.3 Å². The first-order valence-corrected chi connectivity index (χ1v) is 6.92. The quantitative estimate of drug-likeness (QED) is 0.549. The summed E-state index contributed by atoms with van der Waals surface area (Å²) in [6.45, 7) is 0. The molecular formula is C15H19N5O2. The summed E-state index contributed by atoms with van der Waals surface area (Å²) in [5.74, 6) is -1.03. The second-order valence-electron chi connectivity index (χ2n) is 5.04. The third-order valence-electron chi connectivity index (χ3n) is 3.27. The lowest BCUT2D eigenvalue weighted by Gasteiger charge is -2.18. The number of hydrogen-bond acceptors (Lipinski definition) is 4. The molecule has 0 spiro atoms. The van der Waals surface area contributed by atoms with Crippen molar-refractivity contribution in [2.45, 2.75) is 24.9 Å². The maximum Gasteiger partial charge on any atom is 0.240 e. The number of benzene rings is 1. The lowest BCUT2D eigenvalue weighted by molar-refractivity contribution is -0.128. The van der Waals surface area contributed by atoms with Crippen molar-refractivity contribution in [3.05, 3.63) is 54.1 Å². The Morgan fingerprint density at radius 1 is 1.23 bits per heavy atom. The Labute approximate surface area is 128 Å². The van der Waals surface area contributed by atoms with E-state index in [1.54, 1.807) is 6.20 Å². The highest BCUT2D eigenvalue weighted by atomic mass is 16.2. The molecule has 0 aliphatic heterocycles. The standard InChI is InChI=1S/C15H19N5O2/c16-12(6-10-4-2-1-3-5-10)15(22)20-13(14(17)21)7-11-8-18-9-19-11/h1-5,8-9,12-13H,6-7,16H2,(H2,17,21)(H,18,19)(H,20,22)/t12-,13-/m0/s1. The fourth-order valence-corrected chi connectivity index (χ4v) is 2.08. The van der Waals surface area contributed by atoms with Crippen LogP contribution in [0.25, 0.3) is 0 Å². The van der Waals surface area contributed by atoms with Gasteiger partial charge >= 0.3 is 0 Å². The molecule has 1 aromatic heterocycles. The average Bonchev–Trinajstić information content (AvgIpc) is 3.00. The SMILES string of the molecule is NC(=O)[C@H](Cc1cnc[nH]1)NC(=O)[C@@H](N)Cc1ccccc1. The summed E-state index contributed by atoms with van der Waals surface area (Å²) < 4.78 is 0. The van der Waals surface area contributed by atoms with Gasteiger partial charge < -0.3 is 21.8 Å². The Morgan fingerprint density at radius 2 is 1.95 bits per heavy atom. The number of H-pyrrole nitrogens is 1. The zero-order valence-corrected chi connectivity index (χ0v) is 12.0. The lowest BCUT2D eigenvalue weighted by atomic mass is 10.0. The number of carbonyl (C=O) groups is 2. The molecule has 0 fully saturated rings. The van der Waals surface area contributed by atoms with E-state index in [4.69, 9.17) is 11.5 Å². The summed E-state index contributed by atoms with van der Waals surface area (Å²) in [4.78, 5) is 30.3. The van der Waals surface area contributed by atoms with Crippen LogP contribution in [0.5, 0.6) is 0 Å². The minimum absolute atomic E-state index is 0.249. The van der Waals surface area contributed by atoms with Crippen molar-refractivity contribution in [1.82, 2.24) is 15.3 Å². The van der Waals surface area contributed by atoms with Crippen molar-refractivity contribution >= 4 is 11.8 Å². The smallest absolute Gasteiger partial charge is 0.240 e. The predicted molar refractivity (Wildman–Crippen MR) is 81.5 cm³/mol. The zero-order valence-electron chi connectivity index (χ0n) is 12.0. The van der Waals surface area contributed by atoms with Gasteiger partial charge in [-0.2, -0.15) is 0 Å². The summed E-state index contributed by atoms with van der Waals surface area (Å²) >= 11 is 0. The predicted octanol–water partition coefficient (Wildman–Crippen LogP) is -0.508. The molecule has 0 bridgehead atoms. The molecule has 1 heterocycles. The van der Waals surface area contributed by atoms with Crippen LogP contribution in [0.2, 0.25) is 0 Å². The van der Waals surface area contributed by atoms with E-state index in [-0.39, 0.29) is 6.42 Å². The summed E-state index contributed by atoms with van der Waals surface area (Å²) in [6.07, 6.45) is 3.71. The molecule has 2 rings (SSSR count). The van der Waals surface area contributed by atoms with Gasteiger partial charge in [0.2, 0.25) is 11.8 Å². The number of rotatable bonds is 7. The number of nitrogens with zero attached hydrogens (tertiary/aromatic N) is 1. The molecule has 6 N–H and O–H groups in total. The maximum absolute atomic E-state index is 12.1. The number of imidazole rings is 1. The van der Waals surface area contributed by atoms with Crippen molar-refractivity contribution in [2.24, 2.45) is 11.5 Å². The fraction of sp³-hybridized carbons (Fsp3) is 0.267. The summed E-state index contributed by atoms with van der Waals surface area (Å²) in [6, 6.07) is 7.87. The van der Waals surface area contributed by atoms with Crippen molar-refractivity contribution in [3.8, 4) is 0 Å². The molecule has 0 saturated heterocycles. The molecule has 7 heteroatoms. The highest BCUT2D eigenvalue weighted by Crippen LogP contribution is 2.03. The first-order valence-electron chi connectivity index (χ1n) is 6.92. The van der Waals surface area contributed by atoms with Gasteiger partial charge in [-0.05, 0) is 12.0 Å². The molecule has 0 saturated carbocycles. The molecule has 7 nitrogen and oxygen atoms in total. The summed E-state index contributed by atoms with van der Waals surface area (Å²) in [5.41, 5.74) is 12.9. The van der Waals surface area contributed by atoms with Gasteiger partial charge in [0.1, 0.15) is 6.04 Å². The number of amides is 2. The Morgan fingerprint density at radius 3 is 2.55 bits per heavy atom. The normalized spacial score (nSPS) is 13.3. The van der Waals surface area contributed by atoms with Crippen molar-refractivity contribution < 1.29 is 9.59 Å². The van der Waals surface area contributed by atoms with Crippen LogP contribution in [0.1, 0.15) is 11.3 Å². The van der Waals surface area contributed by atoms with E-state index in [2.05, 4.69) is 15.3 Å². The number of nitrogens with two attached hydrogens (primary N) is 2. The lowest BCUT2D eigenvalue weighted by Crippen LogP contribution is -2.51. The zero-order chi connectivity index (χ0) is 15.9. The van der Waals surface area contributed by atoms with E-state index in [0.29, 0.717) is 12.1 Å². The van der Waals surface area contributed by atoms with Crippen molar-refractivity contribution in [3.63, 3.8) is 0 Å². The van der Waals surface area contributed by atoms with Crippen LogP contribution < -0.4 is 16.8 Å². The maximum atomic E-state index is 12.1. The van der Waals surface area contributed by atoms with Crippen LogP contribution in [0, 0.1) is 0 Å². The molecule has 1 aromatic carbocycles. The van der Waals surface area contributed by atoms with Gasteiger partial charge in [0, 0.05) is 18.3 Å². The van der Waals surface area contributed by atoms with E-state index in [1.807, 2.05) is 30.3 Å². The van der Waals surface area contributed by atoms with E-state index >= 15 is 0 Å². The first-order chi connectivity index (χ1) is 10.6. The largest absolute Gasteiger partial charge is 0.368 e. The van der Waals surface area contributed by atoms with Gasteiger partial charge in [-0.3, -0.25) is 9.59 Å². The number of hydrogen-bond donors (Lipinski definition) is 4. The van der Waals surface area contributed by atoms with E-state index < -0.39 is 23.9 Å². The molecule has 2 atom stereocenters. The van der Waals surface area contributed by atoms with Gasteiger partial charge in [-0.25, -0.2) is 4.98 Å². The highest BCUT2D eigenvalue weighted by molar-refractivity contribution is 5.89. The van der Waals surface area contributed by atoms with Crippen LogP contribution in [-0.2, 0) is 22.4 Å². The van der Waals surface area contributed by atoms with Gasteiger partial charge in [-0.15, -0.1) is 0 Å². The number of aromatic amines is 1. The van der Waals surface area contributed by atoms with E-state index in [9.17, 15) is 9.59 Å². The average molecular weight is 301 g/mol. The molecular weight excluding hydrogens is 282 g/mol. The molecule has 2 aromatic rings. The third-order valence-corrected chi connectivity index (χ3v) is 3.27.